The molecule has 6 heteroatoms. The minimum atomic E-state index is -3.45. The van der Waals surface area contributed by atoms with Crippen LogP contribution in [0.2, 0.25) is 0 Å². The molecule has 0 radical (unpaired) electrons. The summed E-state index contributed by atoms with van der Waals surface area (Å²) in [5.41, 5.74) is 1.08. The zero-order valence-corrected chi connectivity index (χ0v) is 11.8. The molecule has 2 rings (SSSR count). The van der Waals surface area contributed by atoms with Gasteiger partial charge in [0.2, 0.25) is 0 Å². The minimum absolute atomic E-state index is 0.327. The molecular weight excluding hydrogens is 266 g/mol. The first-order valence-electron chi connectivity index (χ1n) is 6.34. The van der Waals surface area contributed by atoms with Crippen LogP contribution in [0.4, 0.5) is 0 Å². The summed E-state index contributed by atoms with van der Waals surface area (Å²) in [7, 11) is -3.45. The number of nitrogens with one attached hydrogen (secondary N) is 1. The van der Waals surface area contributed by atoms with Crippen molar-refractivity contribution in [2.24, 2.45) is 0 Å². The first-order valence-corrected chi connectivity index (χ1v) is 8.15. The van der Waals surface area contributed by atoms with E-state index in [0.717, 1.165) is 44.4 Å². The summed E-state index contributed by atoms with van der Waals surface area (Å²) < 4.78 is 32.2. The Labute approximate surface area is 114 Å². The maximum absolute atomic E-state index is 11.0. The summed E-state index contributed by atoms with van der Waals surface area (Å²) in [6.45, 7) is 2.45. The summed E-state index contributed by atoms with van der Waals surface area (Å²) in [5, 5.41) is 3.33. The molecule has 1 aliphatic rings. The molecule has 0 aliphatic carbocycles. The second kappa shape index (κ2) is 6.36. The van der Waals surface area contributed by atoms with Crippen LogP contribution in [0.15, 0.2) is 24.3 Å². The SMILES string of the molecule is CS(=O)(=O)Oc1ccc(CNC[C@H]2CCCO2)cc1. The lowest BCUT2D eigenvalue weighted by atomic mass is 10.2. The van der Waals surface area contributed by atoms with E-state index in [9.17, 15) is 8.42 Å². The normalized spacial score (nSPS) is 19.5. The van der Waals surface area contributed by atoms with E-state index in [4.69, 9.17) is 8.92 Å². The van der Waals surface area contributed by atoms with Crippen LogP contribution in [-0.4, -0.2) is 33.9 Å². The molecule has 1 aromatic rings. The van der Waals surface area contributed by atoms with Gasteiger partial charge >= 0.3 is 10.1 Å². The van der Waals surface area contributed by atoms with Gasteiger partial charge in [-0.25, -0.2) is 0 Å². The third kappa shape index (κ3) is 5.18. The Balaban J connectivity index is 1.78. The molecule has 1 atom stereocenters. The molecule has 1 N–H and O–H groups in total. The summed E-state index contributed by atoms with van der Waals surface area (Å²) in [5.74, 6) is 0.338. The van der Waals surface area contributed by atoms with E-state index in [2.05, 4.69) is 5.32 Å². The van der Waals surface area contributed by atoms with Gasteiger partial charge in [0.1, 0.15) is 5.75 Å². The zero-order valence-electron chi connectivity index (χ0n) is 11.0. The van der Waals surface area contributed by atoms with Gasteiger partial charge in [0, 0.05) is 19.7 Å². The molecule has 1 saturated heterocycles. The molecule has 1 aliphatic heterocycles. The second-order valence-electron chi connectivity index (χ2n) is 4.70. The Morgan fingerprint density at radius 2 is 2.11 bits per heavy atom. The van der Waals surface area contributed by atoms with E-state index in [-0.39, 0.29) is 0 Å². The van der Waals surface area contributed by atoms with Crippen LogP contribution in [0, 0.1) is 0 Å². The van der Waals surface area contributed by atoms with Crippen LogP contribution in [0.5, 0.6) is 5.75 Å². The van der Waals surface area contributed by atoms with Gasteiger partial charge in [-0.15, -0.1) is 0 Å². The van der Waals surface area contributed by atoms with Crippen molar-refractivity contribution in [1.82, 2.24) is 5.32 Å². The van der Waals surface area contributed by atoms with Crippen molar-refractivity contribution in [3.8, 4) is 5.75 Å². The fourth-order valence-corrected chi connectivity index (χ4v) is 2.48. The van der Waals surface area contributed by atoms with Crippen molar-refractivity contribution in [3.63, 3.8) is 0 Å². The first kappa shape index (κ1) is 14.3. The molecule has 0 spiro atoms. The third-order valence-corrected chi connectivity index (χ3v) is 3.39. The Bertz CT molecular complexity index is 492. The maximum Gasteiger partial charge on any atom is 0.306 e. The van der Waals surface area contributed by atoms with E-state index in [0.29, 0.717) is 11.9 Å². The Morgan fingerprint density at radius 3 is 2.68 bits per heavy atom. The quantitative estimate of drug-likeness (QED) is 0.798. The van der Waals surface area contributed by atoms with Crippen LogP contribution in [0.3, 0.4) is 0 Å². The predicted molar refractivity (Wildman–Crippen MR) is 72.6 cm³/mol. The van der Waals surface area contributed by atoms with Crippen LogP contribution >= 0.6 is 0 Å². The van der Waals surface area contributed by atoms with Crippen molar-refractivity contribution in [3.05, 3.63) is 29.8 Å². The maximum atomic E-state index is 11.0. The lowest BCUT2D eigenvalue weighted by molar-refractivity contribution is 0.110. The van der Waals surface area contributed by atoms with Crippen LogP contribution < -0.4 is 9.50 Å². The van der Waals surface area contributed by atoms with Gasteiger partial charge < -0.3 is 14.2 Å². The van der Waals surface area contributed by atoms with Gasteiger partial charge in [0.15, 0.2) is 0 Å². The fraction of sp³-hybridized carbons (Fsp3) is 0.538. The molecule has 106 valence electrons. The van der Waals surface area contributed by atoms with Crippen molar-refractivity contribution in [1.29, 1.82) is 0 Å². The average Bonchev–Trinajstić information content (AvgIpc) is 2.82. The summed E-state index contributed by atoms with van der Waals surface area (Å²) >= 11 is 0. The lowest BCUT2D eigenvalue weighted by Gasteiger charge is -2.11. The largest absolute Gasteiger partial charge is 0.383 e. The van der Waals surface area contributed by atoms with Crippen molar-refractivity contribution in [2.45, 2.75) is 25.5 Å². The molecule has 19 heavy (non-hydrogen) atoms. The molecule has 1 fully saturated rings. The van der Waals surface area contributed by atoms with Gasteiger partial charge in [-0.2, -0.15) is 8.42 Å². The van der Waals surface area contributed by atoms with Crippen molar-refractivity contribution in [2.75, 3.05) is 19.4 Å². The molecule has 0 unspecified atom stereocenters. The fourth-order valence-electron chi connectivity index (χ4n) is 2.02. The lowest BCUT2D eigenvalue weighted by Crippen LogP contribution is -2.25. The third-order valence-electron chi connectivity index (χ3n) is 2.90. The Hall–Kier alpha value is -1.11. The van der Waals surface area contributed by atoms with E-state index in [1.807, 2.05) is 12.1 Å². The van der Waals surface area contributed by atoms with E-state index < -0.39 is 10.1 Å². The van der Waals surface area contributed by atoms with Gasteiger partial charge in [-0.3, -0.25) is 0 Å². The highest BCUT2D eigenvalue weighted by Crippen LogP contribution is 2.14. The predicted octanol–water partition coefficient (Wildman–Crippen LogP) is 1.29. The first-order chi connectivity index (χ1) is 9.03. The summed E-state index contributed by atoms with van der Waals surface area (Å²) in [6, 6.07) is 7.01. The summed E-state index contributed by atoms with van der Waals surface area (Å²) in [6.07, 6.45) is 3.62. The monoisotopic (exact) mass is 285 g/mol. The van der Waals surface area contributed by atoms with E-state index >= 15 is 0 Å². The number of ether oxygens (including phenoxy) is 1. The molecule has 1 aromatic carbocycles. The number of hydrogen-bond acceptors (Lipinski definition) is 5. The highest BCUT2D eigenvalue weighted by Gasteiger charge is 2.14. The van der Waals surface area contributed by atoms with Crippen LogP contribution in [-0.2, 0) is 21.4 Å². The van der Waals surface area contributed by atoms with E-state index in [1.165, 1.54) is 0 Å². The molecule has 0 amide bonds. The average molecular weight is 285 g/mol. The Morgan fingerprint density at radius 1 is 1.37 bits per heavy atom. The smallest absolute Gasteiger partial charge is 0.306 e. The molecular formula is C13H19NO4S. The Kier molecular flexibility index (Phi) is 4.79. The van der Waals surface area contributed by atoms with Gasteiger partial charge in [-0.05, 0) is 30.5 Å². The highest BCUT2D eigenvalue weighted by atomic mass is 32.2. The highest BCUT2D eigenvalue weighted by molar-refractivity contribution is 7.86. The standard InChI is InChI=1S/C13H19NO4S/c1-19(15,16)18-12-6-4-11(5-7-12)9-14-10-13-3-2-8-17-13/h4-7,13-14H,2-3,8-10H2,1H3/t13-/m1/s1. The molecule has 0 bridgehead atoms. The topological polar surface area (TPSA) is 64.6 Å². The zero-order chi connectivity index (χ0) is 13.7. The summed E-state index contributed by atoms with van der Waals surface area (Å²) in [4.78, 5) is 0. The van der Waals surface area contributed by atoms with Gasteiger partial charge in [0.05, 0.1) is 12.4 Å². The van der Waals surface area contributed by atoms with Gasteiger partial charge in [-0.1, -0.05) is 12.1 Å². The van der Waals surface area contributed by atoms with E-state index in [1.54, 1.807) is 12.1 Å². The second-order valence-corrected chi connectivity index (χ2v) is 6.27. The van der Waals surface area contributed by atoms with Gasteiger partial charge in [0.25, 0.3) is 0 Å². The van der Waals surface area contributed by atoms with Crippen LogP contribution in [0.25, 0.3) is 0 Å². The molecule has 0 saturated carbocycles. The van der Waals surface area contributed by atoms with Crippen molar-refractivity contribution < 1.29 is 17.3 Å². The number of rotatable bonds is 6. The minimum Gasteiger partial charge on any atom is -0.383 e. The van der Waals surface area contributed by atoms with Crippen molar-refractivity contribution >= 4 is 10.1 Å². The molecule has 0 aromatic heterocycles. The van der Waals surface area contributed by atoms with Crippen LogP contribution in [0.1, 0.15) is 18.4 Å². The number of benzene rings is 1. The molecule has 5 nitrogen and oxygen atoms in total. The number of hydrogen-bond donors (Lipinski definition) is 1. The molecule has 1 heterocycles.